The number of rotatable bonds is 3. The summed E-state index contributed by atoms with van der Waals surface area (Å²) in [5, 5.41) is 12.0. The molecule has 0 aliphatic heterocycles. The maximum absolute atomic E-state index is 13.4. The Labute approximate surface area is 91.5 Å². The minimum absolute atomic E-state index is 0.104. The molecule has 1 fully saturated rings. The minimum Gasteiger partial charge on any atom is -0.394 e. The van der Waals surface area contributed by atoms with Crippen molar-refractivity contribution in [3.63, 3.8) is 0 Å². The molecule has 88 valence electrons. The van der Waals surface area contributed by atoms with E-state index >= 15 is 0 Å². The summed E-state index contributed by atoms with van der Waals surface area (Å²) in [6.45, 7) is -0.106. The van der Waals surface area contributed by atoms with Crippen LogP contribution in [0, 0.1) is 11.6 Å². The highest BCUT2D eigenvalue weighted by Crippen LogP contribution is 2.35. The second-order valence-electron chi connectivity index (χ2n) is 4.10. The first-order valence-corrected chi connectivity index (χ1v) is 5.07. The number of aliphatic hydroxyl groups is 1. The van der Waals surface area contributed by atoms with Crippen molar-refractivity contribution >= 4 is 11.6 Å². The molecule has 1 aliphatic carbocycles. The van der Waals surface area contributed by atoms with Gasteiger partial charge in [-0.15, -0.1) is 0 Å². The molecule has 0 radical (unpaired) electrons. The SMILES string of the molecule is Nc1nc(NC2(CO)CCC2)c(F)cc1F. The number of pyridine rings is 1. The van der Waals surface area contributed by atoms with Crippen LogP contribution >= 0.6 is 0 Å². The summed E-state index contributed by atoms with van der Waals surface area (Å²) in [6.07, 6.45) is 2.44. The summed E-state index contributed by atoms with van der Waals surface area (Å²) in [5.41, 5.74) is 4.72. The first-order chi connectivity index (χ1) is 7.56. The van der Waals surface area contributed by atoms with Crippen molar-refractivity contribution in [2.45, 2.75) is 24.8 Å². The van der Waals surface area contributed by atoms with E-state index < -0.39 is 17.2 Å². The lowest BCUT2D eigenvalue weighted by Crippen LogP contribution is -2.48. The van der Waals surface area contributed by atoms with Crippen molar-refractivity contribution in [1.29, 1.82) is 0 Å². The van der Waals surface area contributed by atoms with Gasteiger partial charge in [-0.1, -0.05) is 0 Å². The van der Waals surface area contributed by atoms with Crippen molar-refractivity contribution in [2.75, 3.05) is 17.7 Å². The molecule has 1 heterocycles. The van der Waals surface area contributed by atoms with Gasteiger partial charge in [0.2, 0.25) is 0 Å². The average Bonchev–Trinajstić information content (AvgIpc) is 2.19. The van der Waals surface area contributed by atoms with Gasteiger partial charge >= 0.3 is 0 Å². The Balaban J connectivity index is 2.24. The van der Waals surface area contributed by atoms with Crippen molar-refractivity contribution < 1.29 is 13.9 Å². The van der Waals surface area contributed by atoms with Crippen molar-refractivity contribution in [3.05, 3.63) is 17.7 Å². The number of nitrogen functional groups attached to an aromatic ring is 1. The number of aliphatic hydroxyl groups excluding tert-OH is 1. The highest BCUT2D eigenvalue weighted by Gasteiger charge is 2.37. The quantitative estimate of drug-likeness (QED) is 0.730. The highest BCUT2D eigenvalue weighted by atomic mass is 19.1. The van der Waals surface area contributed by atoms with Crippen LogP contribution in [0.4, 0.5) is 20.4 Å². The summed E-state index contributed by atoms with van der Waals surface area (Å²) < 4.78 is 26.2. The molecular weight excluding hydrogens is 216 g/mol. The first-order valence-electron chi connectivity index (χ1n) is 5.07. The summed E-state index contributed by atoms with van der Waals surface area (Å²) >= 11 is 0. The van der Waals surface area contributed by atoms with Gasteiger partial charge in [0, 0.05) is 6.07 Å². The zero-order valence-electron chi connectivity index (χ0n) is 8.63. The van der Waals surface area contributed by atoms with Gasteiger partial charge in [0.05, 0.1) is 12.1 Å². The molecule has 0 bridgehead atoms. The molecule has 1 aliphatic rings. The molecule has 1 aromatic heterocycles. The molecule has 2 rings (SSSR count). The number of hydrogen-bond acceptors (Lipinski definition) is 4. The number of aromatic nitrogens is 1. The van der Waals surface area contributed by atoms with Crippen LogP contribution in [-0.4, -0.2) is 22.2 Å². The lowest BCUT2D eigenvalue weighted by Gasteiger charge is -2.41. The molecule has 0 atom stereocenters. The van der Waals surface area contributed by atoms with E-state index in [9.17, 15) is 13.9 Å². The van der Waals surface area contributed by atoms with Gasteiger partial charge in [-0.05, 0) is 19.3 Å². The average molecular weight is 229 g/mol. The fourth-order valence-corrected chi connectivity index (χ4v) is 1.75. The van der Waals surface area contributed by atoms with Gasteiger partial charge in [0.1, 0.15) is 0 Å². The first kappa shape index (κ1) is 11.1. The Kier molecular flexibility index (Phi) is 2.67. The molecule has 16 heavy (non-hydrogen) atoms. The smallest absolute Gasteiger partial charge is 0.168 e. The van der Waals surface area contributed by atoms with Crippen LogP contribution in [0.1, 0.15) is 19.3 Å². The Hall–Kier alpha value is -1.43. The third kappa shape index (κ3) is 1.80. The number of halogens is 2. The van der Waals surface area contributed by atoms with E-state index in [2.05, 4.69) is 10.3 Å². The Bertz CT molecular complexity index is 402. The third-order valence-corrected chi connectivity index (χ3v) is 2.95. The van der Waals surface area contributed by atoms with E-state index in [1.807, 2.05) is 0 Å². The van der Waals surface area contributed by atoms with Gasteiger partial charge in [-0.2, -0.15) is 0 Å². The second-order valence-corrected chi connectivity index (χ2v) is 4.10. The Morgan fingerprint density at radius 2 is 2.12 bits per heavy atom. The van der Waals surface area contributed by atoms with E-state index in [4.69, 9.17) is 5.73 Å². The molecule has 0 amide bonds. The van der Waals surface area contributed by atoms with Crippen LogP contribution in [0.5, 0.6) is 0 Å². The molecule has 4 nitrogen and oxygen atoms in total. The monoisotopic (exact) mass is 229 g/mol. The molecule has 0 spiro atoms. The van der Waals surface area contributed by atoms with Crippen LogP contribution in [0.25, 0.3) is 0 Å². The number of anilines is 2. The van der Waals surface area contributed by atoms with Crippen LogP contribution in [0.2, 0.25) is 0 Å². The normalized spacial score (nSPS) is 17.9. The standard InChI is InChI=1S/C10H13F2N3O/c11-6-4-7(12)9(14-8(6)13)15-10(5-16)2-1-3-10/h4,16H,1-3,5H2,(H3,13,14,15). The van der Waals surface area contributed by atoms with Crippen molar-refractivity contribution in [1.82, 2.24) is 4.98 Å². The van der Waals surface area contributed by atoms with E-state index in [0.717, 1.165) is 19.3 Å². The van der Waals surface area contributed by atoms with Gasteiger partial charge in [-0.25, -0.2) is 13.8 Å². The van der Waals surface area contributed by atoms with E-state index in [-0.39, 0.29) is 18.2 Å². The predicted octanol–water partition coefficient (Wildman–Crippen LogP) is 1.27. The van der Waals surface area contributed by atoms with E-state index in [1.54, 1.807) is 0 Å². The third-order valence-electron chi connectivity index (χ3n) is 2.95. The predicted molar refractivity (Wildman–Crippen MR) is 55.9 cm³/mol. The molecule has 6 heteroatoms. The maximum atomic E-state index is 13.4. The molecule has 1 aromatic rings. The van der Waals surface area contributed by atoms with Gasteiger partial charge < -0.3 is 16.2 Å². The Morgan fingerprint density at radius 1 is 1.44 bits per heavy atom. The highest BCUT2D eigenvalue weighted by molar-refractivity contribution is 5.47. The largest absolute Gasteiger partial charge is 0.394 e. The van der Waals surface area contributed by atoms with E-state index in [0.29, 0.717) is 6.07 Å². The maximum Gasteiger partial charge on any atom is 0.168 e. The lowest BCUT2D eigenvalue weighted by atomic mass is 9.77. The minimum atomic E-state index is -0.880. The zero-order chi connectivity index (χ0) is 11.8. The van der Waals surface area contributed by atoms with Crippen LogP contribution < -0.4 is 11.1 Å². The van der Waals surface area contributed by atoms with Gasteiger partial charge in [-0.3, -0.25) is 0 Å². The van der Waals surface area contributed by atoms with Gasteiger partial charge in [0.15, 0.2) is 23.3 Å². The fraction of sp³-hybridized carbons (Fsp3) is 0.500. The summed E-state index contributed by atoms with van der Waals surface area (Å²) in [5.74, 6) is -2.13. The topological polar surface area (TPSA) is 71.2 Å². The summed E-state index contributed by atoms with van der Waals surface area (Å²) in [6, 6.07) is 0.689. The lowest BCUT2D eigenvalue weighted by molar-refractivity contribution is 0.143. The number of nitrogens with two attached hydrogens (primary N) is 1. The second kappa shape index (κ2) is 3.86. The van der Waals surface area contributed by atoms with Crippen LogP contribution in [0.15, 0.2) is 6.07 Å². The fourth-order valence-electron chi connectivity index (χ4n) is 1.75. The molecule has 0 aromatic carbocycles. The Morgan fingerprint density at radius 3 is 2.62 bits per heavy atom. The number of nitrogens with one attached hydrogen (secondary N) is 1. The number of nitrogens with zero attached hydrogens (tertiary/aromatic N) is 1. The molecular formula is C10H13F2N3O. The molecule has 4 N–H and O–H groups in total. The van der Waals surface area contributed by atoms with Gasteiger partial charge in [0.25, 0.3) is 0 Å². The molecule has 0 saturated heterocycles. The molecule has 1 saturated carbocycles. The summed E-state index contributed by atoms with van der Waals surface area (Å²) in [7, 11) is 0. The van der Waals surface area contributed by atoms with Crippen molar-refractivity contribution in [3.8, 4) is 0 Å². The molecule has 0 unspecified atom stereocenters. The number of hydrogen-bond donors (Lipinski definition) is 3. The van der Waals surface area contributed by atoms with E-state index in [1.165, 1.54) is 0 Å². The van der Waals surface area contributed by atoms with Crippen LogP contribution in [0.3, 0.4) is 0 Å². The van der Waals surface area contributed by atoms with Crippen LogP contribution in [-0.2, 0) is 0 Å². The zero-order valence-corrected chi connectivity index (χ0v) is 8.63. The van der Waals surface area contributed by atoms with Crippen molar-refractivity contribution in [2.24, 2.45) is 0 Å². The summed E-state index contributed by atoms with van der Waals surface area (Å²) in [4.78, 5) is 3.59.